The Hall–Kier alpha value is -3.85. The summed E-state index contributed by atoms with van der Waals surface area (Å²) in [5.41, 5.74) is 3.11. The van der Waals surface area contributed by atoms with Crippen molar-refractivity contribution in [2.45, 2.75) is 29.4 Å². The molecule has 3 aromatic carbocycles. The number of nitrogens with zero attached hydrogens (tertiary/aromatic N) is 2. The number of benzene rings is 3. The predicted octanol–water partition coefficient (Wildman–Crippen LogP) is 3.72. The Morgan fingerprint density at radius 3 is 2.45 bits per heavy atom. The van der Waals surface area contributed by atoms with Crippen molar-refractivity contribution in [1.29, 1.82) is 5.41 Å². The van der Waals surface area contributed by atoms with Crippen molar-refractivity contribution in [2.75, 3.05) is 24.5 Å². The molecule has 4 rings (SSSR count). The number of nitrogens with two attached hydrogens (primary N) is 1. The first-order valence-electron chi connectivity index (χ1n) is 14.0. The number of hydrazone groups is 1. The van der Waals surface area contributed by atoms with Crippen LogP contribution in [0.1, 0.15) is 11.1 Å². The van der Waals surface area contributed by atoms with Crippen molar-refractivity contribution >= 4 is 56.7 Å². The molecule has 14 nitrogen and oxygen atoms in total. The Morgan fingerprint density at radius 2 is 1.85 bits per heavy atom. The van der Waals surface area contributed by atoms with Crippen LogP contribution >= 0.6 is 27.7 Å². The third-order valence-corrected chi connectivity index (χ3v) is 11.1. The highest BCUT2D eigenvalue weighted by molar-refractivity contribution is 8.13. The highest BCUT2D eigenvalue weighted by atomic mass is 32.2. The number of ether oxygens (including phenoxy) is 1. The maximum absolute atomic E-state index is 15.2. The molecule has 2 amide bonds. The molecule has 0 radical (unpaired) electrons. The van der Waals surface area contributed by atoms with Gasteiger partial charge >= 0.3 is 27.5 Å². The van der Waals surface area contributed by atoms with Gasteiger partial charge in [-0.2, -0.15) is 24.7 Å². The molecule has 3 aromatic rings. The van der Waals surface area contributed by atoms with Crippen molar-refractivity contribution in [3.05, 3.63) is 83.7 Å². The maximum Gasteiger partial charge on any atom is 0.558 e. The summed E-state index contributed by atoms with van der Waals surface area (Å²) in [5.74, 6) is 4.67. The number of carbonyl (C=O) groups is 2. The second-order valence-electron chi connectivity index (χ2n) is 10.4. The molecule has 248 valence electrons. The topological polar surface area (TPSA) is 231 Å². The largest absolute Gasteiger partial charge is 0.558 e. The van der Waals surface area contributed by atoms with Gasteiger partial charge in [0.15, 0.2) is 0 Å². The minimum absolute atomic E-state index is 0.0101. The van der Waals surface area contributed by atoms with E-state index in [1.807, 2.05) is 12.1 Å². The van der Waals surface area contributed by atoms with Crippen LogP contribution in [0.25, 0.3) is 11.1 Å². The van der Waals surface area contributed by atoms with E-state index < -0.39 is 44.6 Å². The lowest BCUT2D eigenvalue weighted by molar-refractivity contribution is 0.141. The third kappa shape index (κ3) is 10.1. The van der Waals surface area contributed by atoms with Crippen LogP contribution < -0.4 is 21.4 Å². The van der Waals surface area contributed by atoms with E-state index in [4.69, 9.17) is 16.0 Å². The first-order valence-corrected chi connectivity index (χ1v) is 17.8. The van der Waals surface area contributed by atoms with Gasteiger partial charge in [-0.3, -0.25) is 9.69 Å². The highest BCUT2D eigenvalue weighted by Gasteiger charge is 2.56. The molecular weight excluding hydrogens is 673 g/mol. The van der Waals surface area contributed by atoms with Gasteiger partial charge in [0.1, 0.15) is 11.9 Å². The number of halogens is 1. The Balaban J connectivity index is 1.27. The quantitative estimate of drug-likeness (QED) is 0.0396. The molecule has 9 N–H and O–H groups in total. The summed E-state index contributed by atoms with van der Waals surface area (Å²) in [5, 5.41) is 14.4. The van der Waals surface area contributed by atoms with Crippen molar-refractivity contribution < 1.29 is 42.9 Å². The summed E-state index contributed by atoms with van der Waals surface area (Å²) in [6, 6.07) is 17.9. The fourth-order valence-corrected chi connectivity index (χ4v) is 7.12. The Labute approximate surface area is 274 Å². The monoisotopic (exact) mass is 706 g/mol. The first-order chi connectivity index (χ1) is 22.4. The van der Waals surface area contributed by atoms with E-state index in [-0.39, 0.29) is 19.5 Å². The normalized spacial score (nSPS) is 16.1. The second-order valence-corrected chi connectivity index (χ2v) is 14.9. The van der Waals surface area contributed by atoms with E-state index in [9.17, 15) is 33.7 Å². The molecule has 47 heavy (non-hydrogen) atoms. The summed E-state index contributed by atoms with van der Waals surface area (Å²) in [4.78, 5) is 64.4. The smallest absolute Gasteiger partial charge is 0.442 e. The molecule has 0 spiro atoms. The zero-order valence-electron chi connectivity index (χ0n) is 24.7. The molecule has 2 unspecified atom stereocenters. The fraction of sp³-hybridized carbons (Fsp3) is 0.241. The van der Waals surface area contributed by atoms with Gasteiger partial charge in [0.2, 0.25) is 0 Å². The SMILES string of the molecule is N=CC(CNCc1ccc(-c2ccc(N3C[C@H](CNC(=O)Sc4ccc(CC([P+](=O)O)[P+](O)(O)O)cc4)OC3=O)cc2F)cc1)=NN. The van der Waals surface area contributed by atoms with Gasteiger partial charge in [0.05, 0.1) is 30.9 Å². The van der Waals surface area contributed by atoms with E-state index in [1.165, 1.54) is 23.1 Å². The van der Waals surface area contributed by atoms with E-state index >= 15 is 4.39 Å². The van der Waals surface area contributed by atoms with Crippen molar-refractivity contribution in [2.24, 2.45) is 10.9 Å². The van der Waals surface area contributed by atoms with Crippen LogP contribution in [-0.4, -0.2) is 74.0 Å². The van der Waals surface area contributed by atoms with E-state index in [0.717, 1.165) is 23.5 Å². The summed E-state index contributed by atoms with van der Waals surface area (Å²) in [6.45, 7) is 0.942. The number of nitrogens with one attached hydrogen (secondary N) is 3. The first kappa shape index (κ1) is 36.0. The Bertz CT molecular complexity index is 1640. The number of amides is 2. The van der Waals surface area contributed by atoms with Gasteiger partial charge in [0.25, 0.3) is 5.24 Å². The number of hydrogen-bond acceptors (Lipinski definition) is 12. The van der Waals surface area contributed by atoms with Gasteiger partial charge in [-0.05, 0) is 63.3 Å². The number of hydrogen-bond donors (Lipinski definition) is 8. The molecule has 0 saturated carbocycles. The van der Waals surface area contributed by atoms with Gasteiger partial charge in [-0.15, -0.1) is 0 Å². The van der Waals surface area contributed by atoms with Crippen LogP contribution in [0.4, 0.5) is 19.7 Å². The number of rotatable bonds is 14. The summed E-state index contributed by atoms with van der Waals surface area (Å²) < 4.78 is 31.9. The minimum atomic E-state index is -4.53. The third-order valence-electron chi connectivity index (χ3n) is 7.05. The summed E-state index contributed by atoms with van der Waals surface area (Å²) in [7, 11) is -7.56. The van der Waals surface area contributed by atoms with Crippen molar-refractivity contribution in [1.82, 2.24) is 10.6 Å². The standard InChI is InChI=1S/C29H31FN6O8P2S/c30-26-12-22(7-10-25(26)20-5-1-19(2-6-20)14-33-15-21(13-31)35-32)36-17-23(44-29(36)38)16-34-28(37)47-24-8-3-18(4-9-24)11-27(45(39)40)46(41,42)43/h1-10,12-13,23,27,33,41-43H,11,14-17H2,(H3-2,31,32,34,37,39,40)/p+2/t23-,27?/m0/s1. The van der Waals surface area contributed by atoms with Crippen LogP contribution in [0, 0.1) is 11.2 Å². The molecule has 18 heteroatoms. The van der Waals surface area contributed by atoms with E-state index in [0.29, 0.717) is 46.1 Å². The van der Waals surface area contributed by atoms with Gasteiger partial charge in [0, 0.05) is 29.8 Å². The number of thioether (sulfide) groups is 1. The lowest BCUT2D eigenvalue weighted by Crippen LogP contribution is -2.32. The van der Waals surface area contributed by atoms with Crippen LogP contribution in [0.15, 0.2) is 76.7 Å². The average Bonchev–Trinajstić information content (AvgIpc) is 3.41. The number of cyclic esters (lactones) is 1. The van der Waals surface area contributed by atoms with Crippen LogP contribution in [-0.2, 0) is 22.3 Å². The van der Waals surface area contributed by atoms with E-state index in [2.05, 4.69) is 15.7 Å². The van der Waals surface area contributed by atoms with Gasteiger partial charge < -0.3 is 26.6 Å². The Morgan fingerprint density at radius 1 is 1.17 bits per heavy atom. The molecule has 0 aromatic heterocycles. The molecule has 0 bridgehead atoms. The zero-order chi connectivity index (χ0) is 34.1. The molecule has 3 atom stereocenters. The lowest BCUT2D eigenvalue weighted by atomic mass is 10.0. The number of carbonyl (C=O) groups excluding carboxylic acids is 2. The minimum Gasteiger partial charge on any atom is -0.442 e. The van der Waals surface area contributed by atoms with Gasteiger partial charge in [-0.1, -0.05) is 36.4 Å². The fourth-order valence-electron chi connectivity index (χ4n) is 4.59. The summed E-state index contributed by atoms with van der Waals surface area (Å²) >= 11 is 0.850. The van der Waals surface area contributed by atoms with Crippen molar-refractivity contribution in [3.63, 3.8) is 0 Å². The van der Waals surface area contributed by atoms with E-state index in [1.54, 1.807) is 36.4 Å². The Kier molecular flexibility index (Phi) is 12.5. The van der Waals surface area contributed by atoms with Crippen LogP contribution in [0.5, 0.6) is 0 Å². The predicted molar refractivity (Wildman–Crippen MR) is 178 cm³/mol. The zero-order valence-corrected chi connectivity index (χ0v) is 27.3. The second kappa shape index (κ2) is 16.3. The molecule has 1 fully saturated rings. The maximum atomic E-state index is 15.2. The van der Waals surface area contributed by atoms with Crippen LogP contribution in [0.2, 0.25) is 0 Å². The molecule has 1 heterocycles. The van der Waals surface area contributed by atoms with Crippen molar-refractivity contribution in [3.8, 4) is 11.1 Å². The highest BCUT2D eigenvalue weighted by Crippen LogP contribution is 2.59. The molecule has 1 saturated heterocycles. The molecule has 0 aliphatic carbocycles. The molecule has 1 aliphatic rings. The summed E-state index contributed by atoms with van der Waals surface area (Å²) in [6.07, 6.45) is -0.532. The molecule has 1 aliphatic heterocycles. The van der Waals surface area contributed by atoms with Crippen LogP contribution in [0.3, 0.4) is 0 Å². The lowest BCUT2D eigenvalue weighted by Gasteiger charge is -2.15. The average molecular weight is 707 g/mol. The van der Waals surface area contributed by atoms with Gasteiger partial charge in [-0.25, -0.2) is 9.18 Å². The number of anilines is 1. The molecular formula is C29H33FN6O8P2S+2.